The summed E-state index contributed by atoms with van der Waals surface area (Å²) in [5.74, 6) is -1.78. The van der Waals surface area contributed by atoms with Gasteiger partial charge in [-0.2, -0.15) is 0 Å². The molecule has 1 unspecified atom stereocenters. The van der Waals surface area contributed by atoms with Crippen LogP contribution in [0.15, 0.2) is 24.3 Å². The highest BCUT2D eigenvalue weighted by atomic mass is 35.5. The van der Waals surface area contributed by atoms with E-state index < -0.39 is 11.9 Å². The molecule has 7 heteroatoms. The summed E-state index contributed by atoms with van der Waals surface area (Å²) in [7, 11) is 1.58. The van der Waals surface area contributed by atoms with Crippen molar-refractivity contribution in [3.8, 4) is 0 Å². The molecule has 2 rings (SSSR count). The van der Waals surface area contributed by atoms with Gasteiger partial charge in [0, 0.05) is 25.2 Å². The lowest BCUT2D eigenvalue weighted by atomic mass is 9.98. The summed E-state index contributed by atoms with van der Waals surface area (Å²) in [5, 5.41) is 9.68. The number of carbonyl (C=O) groups excluding carboxylic acids is 2. The lowest BCUT2D eigenvalue weighted by molar-refractivity contribution is -0.147. The van der Waals surface area contributed by atoms with Gasteiger partial charge in [-0.15, -0.1) is 0 Å². The van der Waals surface area contributed by atoms with E-state index in [4.69, 9.17) is 16.7 Å². The minimum atomic E-state index is -0.875. The highest BCUT2D eigenvalue weighted by molar-refractivity contribution is 6.30. The molecule has 0 spiro atoms. The summed E-state index contributed by atoms with van der Waals surface area (Å²) in [6, 6.07) is 6.99. The van der Waals surface area contributed by atoms with Gasteiger partial charge in [0.1, 0.15) is 0 Å². The van der Waals surface area contributed by atoms with Crippen LogP contribution < -0.4 is 0 Å². The Morgan fingerprint density at radius 3 is 2.58 bits per heavy atom. The fraction of sp³-hybridized carbons (Fsp3) is 0.471. The molecule has 1 heterocycles. The van der Waals surface area contributed by atoms with Crippen molar-refractivity contribution in [3.63, 3.8) is 0 Å². The van der Waals surface area contributed by atoms with Gasteiger partial charge >= 0.3 is 5.97 Å². The Morgan fingerprint density at radius 2 is 1.96 bits per heavy atom. The molecular formula is C17H21ClN2O4. The minimum Gasteiger partial charge on any atom is -0.481 e. The van der Waals surface area contributed by atoms with E-state index in [1.807, 2.05) is 0 Å². The number of hydrogen-bond acceptors (Lipinski definition) is 3. The normalized spacial score (nSPS) is 17.4. The zero-order valence-electron chi connectivity index (χ0n) is 13.6. The molecule has 1 saturated heterocycles. The zero-order valence-corrected chi connectivity index (χ0v) is 14.3. The molecule has 1 fully saturated rings. The maximum absolute atomic E-state index is 12.3. The maximum Gasteiger partial charge on any atom is 0.308 e. The van der Waals surface area contributed by atoms with Crippen LogP contribution in [0.5, 0.6) is 0 Å². The number of carboxylic acid groups (broad SMARTS) is 1. The predicted molar refractivity (Wildman–Crippen MR) is 89.7 cm³/mol. The fourth-order valence-electron chi connectivity index (χ4n) is 2.71. The van der Waals surface area contributed by atoms with Crippen LogP contribution in [0.1, 0.15) is 18.4 Å². The first-order valence-corrected chi connectivity index (χ1v) is 8.23. The quantitative estimate of drug-likeness (QED) is 0.874. The van der Waals surface area contributed by atoms with Crippen LogP contribution in [0.4, 0.5) is 0 Å². The molecule has 1 atom stereocenters. The molecule has 130 valence electrons. The Morgan fingerprint density at radius 1 is 1.29 bits per heavy atom. The van der Waals surface area contributed by atoms with Crippen molar-refractivity contribution in [3.05, 3.63) is 34.9 Å². The molecule has 2 amide bonds. The second kappa shape index (κ2) is 8.15. The summed E-state index contributed by atoms with van der Waals surface area (Å²) in [6.45, 7) is 0.716. The molecule has 0 saturated carbocycles. The van der Waals surface area contributed by atoms with E-state index in [9.17, 15) is 14.4 Å². The molecule has 1 aromatic carbocycles. The second-order valence-corrected chi connectivity index (χ2v) is 6.51. The van der Waals surface area contributed by atoms with Crippen molar-refractivity contribution in [1.29, 1.82) is 0 Å². The summed E-state index contributed by atoms with van der Waals surface area (Å²) in [5.41, 5.74) is 0.826. The monoisotopic (exact) mass is 352 g/mol. The van der Waals surface area contributed by atoms with Gasteiger partial charge in [0.2, 0.25) is 11.8 Å². The van der Waals surface area contributed by atoms with Crippen LogP contribution in [0, 0.1) is 5.92 Å². The molecule has 0 bridgehead atoms. The van der Waals surface area contributed by atoms with Crippen LogP contribution in [0.2, 0.25) is 5.02 Å². The smallest absolute Gasteiger partial charge is 0.308 e. The number of aliphatic carboxylic acids is 1. The van der Waals surface area contributed by atoms with Crippen molar-refractivity contribution in [2.75, 3.05) is 26.7 Å². The standard InChI is InChI=1S/C17H21ClN2O4/c1-19(15(21)9-12-4-6-14(18)7-5-12)11-16(22)20-8-2-3-13(10-20)17(23)24/h4-7,13H,2-3,8-11H2,1H3,(H,23,24). The van der Waals surface area contributed by atoms with Gasteiger partial charge in [-0.3, -0.25) is 14.4 Å². The number of benzene rings is 1. The van der Waals surface area contributed by atoms with Gasteiger partial charge in [-0.05, 0) is 30.5 Å². The molecule has 24 heavy (non-hydrogen) atoms. The Bertz CT molecular complexity index is 618. The summed E-state index contributed by atoms with van der Waals surface area (Å²) < 4.78 is 0. The molecule has 0 aromatic heterocycles. The maximum atomic E-state index is 12.3. The number of halogens is 1. The van der Waals surface area contributed by atoms with Gasteiger partial charge in [0.05, 0.1) is 18.9 Å². The number of nitrogens with zero attached hydrogens (tertiary/aromatic N) is 2. The van der Waals surface area contributed by atoms with Gasteiger partial charge in [0.15, 0.2) is 0 Å². The summed E-state index contributed by atoms with van der Waals surface area (Å²) >= 11 is 5.81. The molecular weight excluding hydrogens is 332 g/mol. The number of likely N-dealkylation sites (N-methyl/N-ethyl adjacent to an activating group) is 1. The van der Waals surface area contributed by atoms with Gasteiger partial charge in [-0.25, -0.2) is 0 Å². The van der Waals surface area contributed by atoms with Crippen LogP contribution in [0.25, 0.3) is 0 Å². The minimum absolute atomic E-state index is 0.0429. The van der Waals surface area contributed by atoms with E-state index in [0.29, 0.717) is 24.4 Å². The van der Waals surface area contributed by atoms with Crippen molar-refractivity contribution in [1.82, 2.24) is 9.80 Å². The number of carboxylic acids is 1. The Hall–Kier alpha value is -2.08. The molecule has 1 aromatic rings. The number of carbonyl (C=O) groups is 3. The average Bonchev–Trinajstić information content (AvgIpc) is 2.56. The van der Waals surface area contributed by atoms with E-state index in [0.717, 1.165) is 5.56 Å². The summed E-state index contributed by atoms with van der Waals surface area (Å²) in [4.78, 5) is 38.5. The third kappa shape index (κ3) is 4.96. The Balaban J connectivity index is 1.87. The zero-order chi connectivity index (χ0) is 17.7. The third-order valence-corrected chi connectivity index (χ3v) is 4.44. The van der Waals surface area contributed by atoms with E-state index in [2.05, 4.69) is 0 Å². The number of likely N-dealkylation sites (tertiary alicyclic amines) is 1. The molecule has 0 aliphatic carbocycles. The second-order valence-electron chi connectivity index (χ2n) is 6.07. The van der Waals surface area contributed by atoms with Crippen LogP contribution in [-0.2, 0) is 20.8 Å². The lowest BCUT2D eigenvalue weighted by Gasteiger charge is -2.32. The van der Waals surface area contributed by atoms with Crippen LogP contribution in [0.3, 0.4) is 0 Å². The molecule has 0 radical (unpaired) electrons. The SMILES string of the molecule is CN(CC(=O)N1CCCC(C(=O)O)C1)C(=O)Cc1ccc(Cl)cc1. The van der Waals surface area contributed by atoms with Gasteiger partial charge < -0.3 is 14.9 Å². The molecule has 1 aliphatic rings. The van der Waals surface area contributed by atoms with E-state index >= 15 is 0 Å². The topological polar surface area (TPSA) is 77.9 Å². The van der Waals surface area contributed by atoms with Crippen molar-refractivity contribution >= 4 is 29.4 Å². The van der Waals surface area contributed by atoms with E-state index in [-0.39, 0.29) is 31.3 Å². The van der Waals surface area contributed by atoms with Crippen molar-refractivity contribution in [2.24, 2.45) is 5.92 Å². The first-order valence-electron chi connectivity index (χ1n) is 7.86. The highest BCUT2D eigenvalue weighted by Gasteiger charge is 2.28. The van der Waals surface area contributed by atoms with Crippen LogP contribution >= 0.6 is 11.6 Å². The average molecular weight is 353 g/mol. The number of amides is 2. The predicted octanol–water partition coefficient (Wildman–Crippen LogP) is 1.66. The van der Waals surface area contributed by atoms with Crippen molar-refractivity contribution < 1.29 is 19.5 Å². The summed E-state index contributed by atoms with van der Waals surface area (Å²) in [6.07, 6.45) is 1.45. The van der Waals surface area contributed by atoms with Gasteiger partial charge in [0.25, 0.3) is 0 Å². The Labute approximate surface area is 146 Å². The largest absolute Gasteiger partial charge is 0.481 e. The number of hydrogen-bond donors (Lipinski definition) is 1. The lowest BCUT2D eigenvalue weighted by Crippen LogP contribution is -2.47. The molecule has 1 aliphatic heterocycles. The van der Waals surface area contributed by atoms with E-state index in [1.54, 1.807) is 31.3 Å². The van der Waals surface area contributed by atoms with E-state index in [1.165, 1.54) is 9.80 Å². The van der Waals surface area contributed by atoms with Crippen LogP contribution in [-0.4, -0.2) is 59.4 Å². The van der Waals surface area contributed by atoms with Crippen molar-refractivity contribution in [2.45, 2.75) is 19.3 Å². The third-order valence-electron chi connectivity index (χ3n) is 4.19. The Kier molecular flexibility index (Phi) is 6.20. The molecule has 1 N–H and O–H groups in total. The fourth-order valence-corrected chi connectivity index (χ4v) is 2.83. The first kappa shape index (κ1) is 18.3. The first-order chi connectivity index (χ1) is 11.4. The number of rotatable bonds is 5. The van der Waals surface area contributed by atoms with Gasteiger partial charge in [-0.1, -0.05) is 23.7 Å². The highest BCUT2D eigenvalue weighted by Crippen LogP contribution is 2.17. The molecule has 6 nitrogen and oxygen atoms in total. The number of piperidine rings is 1.